The molecule has 1 amide bonds. The molecule has 1 aromatic heterocycles. The molecule has 0 saturated carbocycles. The van der Waals surface area contributed by atoms with Gasteiger partial charge in [0.05, 0.1) is 12.2 Å². The van der Waals surface area contributed by atoms with E-state index in [1.54, 1.807) is 17.8 Å². The zero-order valence-corrected chi connectivity index (χ0v) is 10.2. The van der Waals surface area contributed by atoms with E-state index < -0.39 is 0 Å². The molecule has 0 aromatic carbocycles. The van der Waals surface area contributed by atoms with Crippen LogP contribution in [0.15, 0.2) is 6.07 Å². The van der Waals surface area contributed by atoms with Crippen LogP contribution in [0.3, 0.4) is 0 Å². The van der Waals surface area contributed by atoms with Crippen LogP contribution >= 0.6 is 0 Å². The minimum absolute atomic E-state index is 0.0671. The van der Waals surface area contributed by atoms with Crippen molar-refractivity contribution >= 4 is 5.91 Å². The normalized spacial score (nSPS) is 10.9. The van der Waals surface area contributed by atoms with Crippen LogP contribution in [0.2, 0.25) is 0 Å². The molecule has 0 atom stereocenters. The SMILES string of the molecule is C#CCNC(=O)c1cc(C(C)(C)C)nn1C. The van der Waals surface area contributed by atoms with Crippen molar-refractivity contribution in [2.45, 2.75) is 26.2 Å². The Labute approximate surface area is 96.0 Å². The highest BCUT2D eigenvalue weighted by atomic mass is 16.2. The summed E-state index contributed by atoms with van der Waals surface area (Å²) in [6.45, 7) is 6.39. The van der Waals surface area contributed by atoms with Gasteiger partial charge >= 0.3 is 0 Å². The number of rotatable bonds is 2. The number of amides is 1. The number of terminal acetylenes is 1. The smallest absolute Gasteiger partial charge is 0.270 e. The molecule has 86 valence electrons. The highest BCUT2D eigenvalue weighted by Gasteiger charge is 2.21. The summed E-state index contributed by atoms with van der Waals surface area (Å²) in [5.74, 6) is 2.17. The summed E-state index contributed by atoms with van der Waals surface area (Å²) in [6, 6.07) is 1.80. The molecule has 0 bridgehead atoms. The van der Waals surface area contributed by atoms with E-state index in [1.165, 1.54) is 0 Å². The lowest BCUT2D eigenvalue weighted by molar-refractivity contribution is 0.0949. The first kappa shape index (κ1) is 12.3. The molecule has 16 heavy (non-hydrogen) atoms. The fraction of sp³-hybridized carbons (Fsp3) is 0.500. The molecule has 0 aliphatic rings. The molecule has 0 unspecified atom stereocenters. The van der Waals surface area contributed by atoms with Crippen molar-refractivity contribution < 1.29 is 4.79 Å². The first-order chi connectivity index (χ1) is 7.36. The van der Waals surface area contributed by atoms with Crippen LogP contribution in [0.25, 0.3) is 0 Å². The Morgan fingerprint density at radius 1 is 1.62 bits per heavy atom. The highest BCUT2D eigenvalue weighted by Crippen LogP contribution is 2.21. The molecule has 1 aromatic rings. The monoisotopic (exact) mass is 219 g/mol. The number of aryl methyl sites for hydroxylation is 1. The molecule has 1 rings (SSSR count). The van der Waals surface area contributed by atoms with Crippen molar-refractivity contribution in [3.05, 3.63) is 17.5 Å². The molecule has 1 heterocycles. The van der Waals surface area contributed by atoms with Crippen LogP contribution in [0.1, 0.15) is 37.0 Å². The maximum Gasteiger partial charge on any atom is 0.270 e. The van der Waals surface area contributed by atoms with Gasteiger partial charge in [-0.2, -0.15) is 5.10 Å². The van der Waals surface area contributed by atoms with E-state index in [9.17, 15) is 4.79 Å². The number of aromatic nitrogens is 2. The zero-order chi connectivity index (χ0) is 12.3. The second-order valence-corrected chi connectivity index (χ2v) is 4.68. The summed E-state index contributed by atoms with van der Waals surface area (Å²) in [7, 11) is 1.75. The van der Waals surface area contributed by atoms with E-state index in [-0.39, 0.29) is 17.9 Å². The second-order valence-electron chi connectivity index (χ2n) is 4.68. The van der Waals surface area contributed by atoms with Gasteiger partial charge < -0.3 is 5.32 Å². The van der Waals surface area contributed by atoms with E-state index in [4.69, 9.17) is 6.42 Å². The molecule has 0 saturated heterocycles. The maximum atomic E-state index is 11.7. The zero-order valence-electron chi connectivity index (χ0n) is 10.2. The van der Waals surface area contributed by atoms with Crippen LogP contribution < -0.4 is 5.32 Å². The van der Waals surface area contributed by atoms with Gasteiger partial charge in [0.1, 0.15) is 5.69 Å². The topological polar surface area (TPSA) is 46.9 Å². The van der Waals surface area contributed by atoms with Crippen molar-refractivity contribution in [2.24, 2.45) is 7.05 Å². The first-order valence-electron chi connectivity index (χ1n) is 5.12. The lowest BCUT2D eigenvalue weighted by atomic mass is 9.92. The number of nitrogens with zero attached hydrogens (tertiary/aromatic N) is 2. The Hall–Kier alpha value is -1.76. The van der Waals surface area contributed by atoms with Gasteiger partial charge in [0, 0.05) is 12.5 Å². The minimum atomic E-state index is -0.191. The molecular formula is C12H17N3O. The number of hydrogen-bond donors (Lipinski definition) is 1. The average molecular weight is 219 g/mol. The van der Waals surface area contributed by atoms with Gasteiger partial charge in [0.2, 0.25) is 0 Å². The van der Waals surface area contributed by atoms with Gasteiger partial charge in [0.15, 0.2) is 0 Å². The third-order valence-corrected chi connectivity index (χ3v) is 2.23. The predicted octanol–water partition coefficient (Wildman–Crippen LogP) is 1.08. The van der Waals surface area contributed by atoms with Gasteiger partial charge in [-0.1, -0.05) is 26.7 Å². The maximum absolute atomic E-state index is 11.7. The lowest BCUT2D eigenvalue weighted by Crippen LogP contribution is -2.25. The Kier molecular flexibility index (Phi) is 3.38. The van der Waals surface area contributed by atoms with Crippen LogP contribution in [-0.4, -0.2) is 22.2 Å². The van der Waals surface area contributed by atoms with Crippen molar-refractivity contribution in [3.63, 3.8) is 0 Å². The summed E-state index contributed by atoms with van der Waals surface area (Å²) < 4.78 is 1.58. The van der Waals surface area contributed by atoms with Crippen LogP contribution in [-0.2, 0) is 12.5 Å². The van der Waals surface area contributed by atoms with Crippen LogP contribution in [0.4, 0.5) is 0 Å². The van der Waals surface area contributed by atoms with E-state index in [2.05, 4.69) is 37.1 Å². The van der Waals surface area contributed by atoms with E-state index >= 15 is 0 Å². The molecule has 0 aliphatic heterocycles. The third kappa shape index (κ3) is 2.63. The van der Waals surface area contributed by atoms with E-state index in [1.807, 2.05) is 0 Å². The first-order valence-corrected chi connectivity index (χ1v) is 5.12. The molecule has 4 heteroatoms. The highest BCUT2D eigenvalue weighted by molar-refractivity contribution is 5.92. The lowest BCUT2D eigenvalue weighted by Gasteiger charge is -2.13. The minimum Gasteiger partial charge on any atom is -0.340 e. The molecule has 1 N–H and O–H groups in total. The largest absolute Gasteiger partial charge is 0.340 e. The molecule has 0 radical (unpaired) electrons. The Balaban J connectivity index is 2.95. The quantitative estimate of drug-likeness (QED) is 0.757. The van der Waals surface area contributed by atoms with Crippen LogP contribution in [0.5, 0.6) is 0 Å². The number of nitrogens with one attached hydrogen (secondary N) is 1. The molecule has 0 spiro atoms. The van der Waals surface area contributed by atoms with Crippen molar-refractivity contribution in [1.29, 1.82) is 0 Å². The van der Waals surface area contributed by atoms with Crippen molar-refractivity contribution in [2.75, 3.05) is 6.54 Å². The van der Waals surface area contributed by atoms with Gasteiger partial charge in [-0.05, 0) is 6.07 Å². The fourth-order valence-electron chi connectivity index (χ4n) is 1.27. The van der Waals surface area contributed by atoms with Gasteiger partial charge in [-0.3, -0.25) is 9.48 Å². The predicted molar refractivity (Wildman–Crippen MR) is 63.1 cm³/mol. The fourth-order valence-corrected chi connectivity index (χ4v) is 1.27. The van der Waals surface area contributed by atoms with Crippen LogP contribution in [0, 0.1) is 12.3 Å². The second kappa shape index (κ2) is 4.40. The standard InChI is InChI=1S/C12H17N3O/c1-6-7-13-11(16)9-8-10(12(2,3)4)14-15(9)5/h1,8H,7H2,2-5H3,(H,13,16). The summed E-state index contributed by atoms with van der Waals surface area (Å²) in [5, 5.41) is 6.93. The molecule has 0 fully saturated rings. The number of carbonyl (C=O) groups excluding carboxylic acids is 1. The van der Waals surface area contributed by atoms with Crippen molar-refractivity contribution in [3.8, 4) is 12.3 Å². The molecular weight excluding hydrogens is 202 g/mol. The summed E-state index contributed by atoms with van der Waals surface area (Å²) >= 11 is 0. The molecule has 4 nitrogen and oxygen atoms in total. The van der Waals surface area contributed by atoms with Gasteiger partial charge in [0.25, 0.3) is 5.91 Å². The van der Waals surface area contributed by atoms with Crippen molar-refractivity contribution in [1.82, 2.24) is 15.1 Å². The number of hydrogen-bond acceptors (Lipinski definition) is 2. The number of carbonyl (C=O) groups is 1. The summed E-state index contributed by atoms with van der Waals surface area (Å²) in [5.41, 5.74) is 1.35. The average Bonchev–Trinajstić information content (AvgIpc) is 2.56. The Bertz CT molecular complexity index is 432. The molecule has 0 aliphatic carbocycles. The Morgan fingerprint density at radius 3 is 2.69 bits per heavy atom. The summed E-state index contributed by atoms with van der Waals surface area (Å²) in [6.07, 6.45) is 5.08. The van der Waals surface area contributed by atoms with Gasteiger partial charge in [-0.15, -0.1) is 6.42 Å². The third-order valence-electron chi connectivity index (χ3n) is 2.23. The van der Waals surface area contributed by atoms with E-state index in [0.717, 1.165) is 5.69 Å². The summed E-state index contributed by atoms with van der Waals surface area (Å²) in [4.78, 5) is 11.7. The Morgan fingerprint density at radius 2 is 2.25 bits per heavy atom. The van der Waals surface area contributed by atoms with E-state index in [0.29, 0.717) is 5.69 Å². The van der Waals surface area contributed by atoms with Gasteiger partial charge in [-0.25, -0.2) is 0 Å².